The molecule has 0 aromatic carbocycles. The highest BCUT2D eigenvalue weighted by Gasteiger charge is 2.18. The van der Waals surface area contributed by atoms with Crippen LogP contribution in [0.1, 0.15) is 13.8 Å². The summed E-state index contributed by atoms with van der Waals surface area (Å²) in [6, 6.07) is 0. The van der Waals surface area contributed by atoms with Crippen molar-refractivity contribution in [2.45, 2.75) is 19.7 Å². The maximum atomic E-state index is 9.15. The van der Waals surface area contributed by atoms with Crippen molar-refractivity contribution in [1.29, 1.82) is 0 Å². The predicted octanol–water partition coefficient (Wildman–Crippen LogP) is -0.298. The number of aliphatic imine (C=N–C) groups is 2. The molecule has 1 aliphatic rings. The molecule has 4 nitrogen and oxygen atoms in total. The highest BCUT2D eigenvalue weighted by atomic mass is 16.3. The summed E-state index contributed by atoms with van der Waals surface area (Å²) in [6.07, 6.45) is 1.43. The summed E-state index contributed by atoms with van der Waals surface area (Å²) < 4.78 is 0. The Labute approximate surface area is 53.3 Å². The number of hydrogen-bond acceptors (Lipinski definition) is 4. The van der Waals surface area contributed by atoms with Gasteiger partial charge in [0.1, 0.15) is 5.84 Å². The molecule has 9 heavy (non-hydrogen) atoms. The van der Waals surface area contributed by atoms with Gasteiger partial charge >= 0.3 is 0 Å². The molecule has 0 aliphatic carbocycles. The number of nitrogens with zero attached hydrogens (tertiary/aromatic N) is 2. The van der Waals surface area contributed by atoms with Gasteiger partial charge in [0.2, 0.25) is 5.85 Å². The minimum atomic E-state index is -1.16. The Balaban J connectivity index is 2.78. The average molecular weight is 127 g/mol. The van der Waals surface area contributed by atoms with E-state index in [0.29, 0.717) is 5.84 Å². The van der Waals surface area contributed by atoms with Gasteiger partial charge in [0.15, 0.2) is 0 Å². The summed E-state index contributed by atoms with van der Waals surface area (Å²) in [4.78, 5) is 7.56. The first-order valence-corrected chi connectivity index (χ1v) is 2.69. The van der Waals surface area contributed by atoms with E-state index in [1.165, 1.54) is 6.34 Å². The van der Waals surface area contributed by atoms with Crippen molar-refractivity contribution in [3.05, 3.63) is 0 Å². The lowest BCUT2D eigenvalue weighted by molar-refractivity contribution is 0.0543. The number of hydrogen-bond donors (Lipinski definition) is 2. The number of nitrogens with one attached hydrogen (secondary N) is 1. The van der Waals surface area contributed by atoms with Crippen LogP contribution in [0.2, 0.25) is 0 Å². The molecule has 1 rings (SSSR count). The third-order valence-electron chi connectivity index (χ3n) is 0.969. The van der Waals surface area contributed by atoms with Gasteiger partial charge in [-0.3, -0.25) is 0 Å². The van der Waals surface area contributed by atoms with Crippen LogP contribution in [0.5, 0.6) is 0 Å². The summed E-state index contributed by atoms with van der Waals surface area (Å²) in [5.74, 6) is -0.579. The molecule has 2 N–H and O–H groups in total. The summed E-state index contributed by atoms with van der Waals surface area (Å²) in [6.45, 7) is 3.29. The highest BCUT2D eigenvalue weighted by Crippen LogP contribution is 2.02. The Morgan fingerprint density at radius 3 is 2.78 bits per heavy atom. The van der Waals surface area contributed by atoms with Crippen LogP contribution in [0.25, 0.3) is 0 Å². The molecule has 0 aromatic heterocycles. The molecule has 0 aromatic rings. The molecule has 0 spiro atoms. The predicted molar refractivity (Wildman–Crippen MR) is 35.4 cm³/mol. The molecular formula is C5H9N3O. The molecule has 1 heterocycles. The molecule has 1 unspecified atom stereocenters. The summed E-state index contributed by atoms with van der Waals surface area (Å²) in [7, 11) is 0. The number of aliphatic hydroxyl groups is 1. The molecule has 1 atom stereocenters. The summed E-state index contributed by atoms with van der Waals surface area (Å²) in [5, 5.41) is 11.7. The minimum absolute atomic E-state index is 0.582. The van der Waals surface area contributed by atoms with E-state index >= 15 is 0 Å². The van der Waals surface area contributed by atoms with Crippen molar-refractivity contribution in [3.63, 3.8) is 0 Å². The van der Waals surface area contributed by atoms with Crippen molar-refractivity contribution in [2.24, 2.45) is 9.98 Å². The SMILES string of the molecule is CC1=NC(C)(O)NC=N1. The largest absolute Gasteiger partial charge is 0.353 e. The Morgan fingerprint density at radius 1 is 1.78 bits per heavy atom. The number of rotatable bonds is 0. The van der Waals surface area contributed by atoms with Gasteiger partial charge in [0.25, 0.3) is 0 Å². The second-order valence-electron chi connectivity index (χ2n) is 2.08. The standard InChI is InChI=1S/C5H9N3O/c1-4-6-3-7-5(2,9)8-4/h3,9H,1-2H3,(H,6,7,8). The fraction of sp³-hybridized carbons (Fsp3) is 0.600. The highest BCUT2D eigenvalue weighted by molar-refractivity contribution is 5.88. The minimum Gasteiger partial charge on any atom is -0.353 e. The Morgan fingerprint density at radius 2 is 2.44 bits per heavy atom. The molecule has 0 amide bonds. The Bertz CT molecular complexity index is 171. The van der Waals surface area contributed by atoms with Crippen molar-refractivity contribution >= 4 is 12.2 Å². The van der Waals surface area contributed by atoms with Crippen LogP contribution in [0.3, 0.4) is 0 Å². The third-order valence-corrected chi connectivity index (χ3v) is 0.969. The first-order chi connectivity index (χ1) is 4.10. The molecule has 0 saturated carbocycles. The van der Waals surface area contributed by atoms with Gasteiger partial charge in [-0.25, -0.2) is 9.98 Å². The first kappa shape index (κ1) is 6.22. The Hall–Kier alpha value is -0.900. The lowest BCUT2D eigenvalue weighted by atomic mass is 10.4. The van der Waals surface area contributed by atoms with Gasteiger partial charge in [0, 0.05) is 6.92 Å². The van der Waals surface area contributed by atoms with Crippen LogP contribution in [0.15, 0.2) is 9.98 Å². The molecule has 1 aliphatic heterocycles. The molecule has 0 bridgehead atoms. The van der Waals surface area contributed by atoms with Gasteiger partial charge in [-0.15, -0.1) is 0 Å². The lowest BCUT2D eigenvalue weighted by Crippen LogP contribution is -2.42. The van der Waals surface area contributed by atoms with Gasteiger partial charge in [-0.1, -0.05) is 0 Å². The van der Waals surface area contributed by atoms with Crippen molar-refractivity contribution in [3.8, 4) is 0 Å². The number of amidine groups is 1. The molecule has 0 saturated heterocycles. The fourth-order valence-corrected chi connectivity index (χ4v) is 0.624. The summed E-state index contributed by atoms with van der Waals surface area (Å²) >= 11 is 0. The van der Waals surface area contributed by atoms with E-state index in [4.69, 9.17) is 5.11 Å². The van der Waals surface area contributed by atoms with Crippen LogP contribution in [-0.2, 0) is 0 Å². The van der Waals surface area contributed by atoms with E-state index in [-0.39, 0.29) is 0 Å². The fourth-order valence-electron chi connectivity index (χ4n) is 0.624. The lowest BCUT2D eigenvalue weighted by Gasteiger charge is -2.20. The van der Waals surface area contributed by atoms with Crippen molar-refractivity contribution in [1.82, 2.24) is 5.32 Å². The van der Waals surface area contributed by atoms with Crippen molar-refractivity contribution in [2.75, 3.05) is 0 Å². The van der Waals surface area contributed by atoms with Crippen molar-refractivity contribution < 1.29 is 5.11 Å². The average Bonchev–Trinajstić information content (AvgIpc) is 1.60. The third kappa shape index (κ3) is 1.50. The van der Waals surface area contributed by atoms with Crippen LogP contribution >= 0.6 is 0 Å². The summed E-state index contributed by atoms with van der Waals surface area (Å²) in [5.41, 5.74) is 0. The smallest absolute Gasteiger partial charge is 0.233 e. The maximum absolute atomic E-state index is 9.15. The molecule has 0 radical (unpaired) electrons. The van der Waals surface area contributed by atoms with Crippen LogP contribution < -0.4 is 5.32 Å². The zero-order chi connectivity index (χ0) is 6.91. The molecule has 50 valence electrons. The zero-order valence-electron chi connectivity index (χ0n) is 5.42. The molecule has 0 fully saturated rings. The normalized spacial score (nSPS) is 33.4. The molecule has 4 heteroatoms. The molecular weight excluding hydrogens is 118 g/mol. The van der Waals surface area contributed by atoms with Crippen LogP contribution in [-0.4, -0.2) is 23.1 Å². The van der Waals surface area contributed by atoms with E-state index in [1.807, 2.05) is 0 Å². The maximum Gasteiger partial charge on any atom is 0.233 e. The zero-order valence-corrected chi connectivity index (χ0v) is 5.42. The van der Waals surface area contributed by atoms with Gasteiger partial charge < -0.3 is 10.4 Å². The second kappa shape index (κ2) is 1.80. The topological polar surface area (TPSA) is 57.0 Å². The van der Waals surface area contributed by atoms with Gasteiger partial charge in [-0.05, 0) is 6.92 Å². The van der Waals surface area contributed by atoms with Crippen LogP contribution in [0.4, 0.5) is 0 Å². The second-order valence-corrected chi connectivity index (χ2v) is 2.08. The van der Waals surface area contributed by atoms with Crippen LogP contribution in [0, 0.1) is 0 Å². The van der Waals surface area contributed by atoms with E-state index in [9.17, 15) is 0 Å². The quantitative estimate of drug-likeness (QED) is 0.469. The van der Waals surface area contributed by atoms with Gasteiger partial charge in [0.05, 0.1) is 6.34 Å². The van der Waals surface area contributed by atoms with E-state index in [0.717, 1.165) is 0 Å². The first-order valence-electron chi connectivity index (χ1n) is 2.69. The van der Waals surface area contributed by atoms with E-state index in [2.05, 4.69) is 15.3 Å². The monoisotopic (exact) mass is 127 g/mol. The van der Waals surface area contributed by atoms with E-state index < -0.39 is 5.85 Å². The Kier molecular flexibility index (Phi) is 1.25. The van der Waals surface area contributed by atoms with Gasteiger partial charge in [-0.2, -0.15) is 0 Å². The van der Waals surface area contributed by atoms with E-state index in [1.54, 1.807) is 13.8 Å².